The van der Waals surface area contributed by atoms with Gasteiger partial charge in [0.2, 0.25) is 0 Å². The standard InChI is InChI=1S/C16H16N2O5/c1-11(23-13-9-7-12(8-10-13)18(20)21)16(19)17-14-5-3-4-6-15(14)22-2/h3-11H,1-2H3,(H,17,19)/t11-/m0/s1. The molecule has 0 aliphatic carbocycles. The monoisotopic (exact) mass is 316 g/mol. The Morgan fingerprint density at radius 2 is 1.83 bits per heavy atom. The molecular weight excluding hydrogens is 300 g/mol. The summed E-state index contributed by atoms with van der Waals surface area (Å²) in [6.07, 6.45) is -0.777. The van der Waals surface area contributed by atoms with Crippen molar-refractivity contribution < 1.29 is 19.2 Å². The van der Waals surface area contributed by atoms with E-state index >= 15 is 0 Å². The van der Waals surface area contributed by atoms with Gasteiger partial charge in [0.05, 0.1) is 17.7 Å². The summed E-state index contributed by atoms with van der Waals surface area (Å²) < 4.78 is 10.6. The molecule has 0 aliphatic heterocycles. The number of carbonyl (C=O) groups excluding carboxylic acids is 1. The molecule has 0 fully saturated rings. The Kier molecular flexibility index (Phi) is 5.14. The molecule has 1 atom stereocenters. The molecular formula is C16H16N2O5. The first-order chi connectivity index (χ1) is 11.0. The van der Waals surface area contributed by atoms with Gasteiger partial charge in [-0.05, 0) is 31.2 Å². The molecule has 7 heteroatoms. The number of nitrogens with one attached hydrogen (secondary N) is 1. The summed E-state index contributed by atoms with van der Waals surface area (Å²) in [6, 6.07) is 12.6. The van der Waals surface area contributed by atoms with E-state index in [1.807, 2.05) is 0 Å². The molecule has 2 rings (SSSR count). The van der Waals surface area contributed by atoms with Crippen molar-refractivity contribution in [2.75, 3.05) is 12.4 Å². The lowest BCUT2D eigenvalue weighted by atomic mass is 10.2. The fourth-order valence-electron chi connectivity index (χ4n) is 1.89. The van der Waals surface area contributed by atoms with E-state index in [1.54, 1.807) is 31.2 Å². The van der Waals surface area contributed by atoms with Crippen LogP contribution in [0.2, 0.25) is 0 Å². The summed E-state index contributed by atoms with van der Waals surface area (Å²) >= 11 is 0. The topological polar surface area (TPSA) is 90.7 Å². The normalized spacial score (nSPS) is 11.4. The third-order valence-corrected chi connectivity index (χ3v) is 3.09. The molecule has 23 heavy (non-hydrogen) atoms. The molecule has 7 nitrogen and oxygen atoms in total. The molecule has 2 aromatic rings. The van der Waals surface area contributed by atoms with Crippen LogP contribution in [0.15, 0.2) is 48.5 Å². The van der Waals surface area contributed by atoms with Gasteiger partial charge in [-0.2, -0.15) is 0 Å². The smallest absolute Gasteiger partial charge is 0.269 e. The van der Waals surface area contributed by atoms with Gasteiger partial charge in [0, 0.05) is 12.1 Å². The second kappa shape index (κ2) is 7.26. The molecule has 0 bridgehead atoms. The van der Waals surface area contributed by atoms with E-state index in [4.69, 9.17) is 9.47 Å². The quantitative estimate of drug-likeness (QED) is 0.653. The number of anilines is 1. The second-order valence-electron chi connectivity index (χ2n) is 4.70. The third kappa shape index (κ3) is 4.19. The highest BCUT2D eigenvalue weighted by Crippen LogP contribution is 2.24. The van der Waals surface area contributed by atoms with Crippen LogP contribution < -0.4 is 14.8 Å². The highest BCUT2D eigenvalue weighted by atomic mass is 16.6. The van der Waals surface area contributed by atoms with Crippen LogP contribution in [0.5, 0.6) is 11.5 Å². The van der Waals surface area contributed by atoms with Gasteiger partial charge < -0.3 is 14.8 Å². The summed E-state index contributed by atoms with van der Waals surface area (Å²) in [5.41, 5.74) is 0.502. The average molecular weight is 316 g/mol. The van der Waals surface area contributed by atoms with Crippen LogP contribution in [-0.2, 0) is 4.79 Å². The Balaban J connectivity index is 2.01. The van der Waals surface area contributed by atoms with Crippen molar-refractivity contribution >= 4 is 17.3 Å². The van der Waals surface area contributed by atoms with Crippen LogP contribution in [0, 0.1) is 10.1 Å². The number of para-hydroxylation sites is 2. The number of nitrogens with zero attached hydrogens (tertiary/aromatic N) is 1. The average Bonchev–Trinajstić information content (AvgIpc) is 2.55. The van der Waals surface area contributed by atoms with Gasteiger partial charge in [0.1, 0.15) is 11.5 Å². The summed E-state index contributed by atoms with van der Waals surface area (Å²) in [4.78, 5) is 22.3. The Bertz CT molecular complexity index is 700. The van der Waals surface area contributed by atoms with Crippen LogP contribution in [-0.4, -0.2) is 24.0 Å². The zero-order valence-electron chi connectivity index (χ0n) is 12.7. The molecule has 0 aliphatic rings. The van der Waals surface area contributed by atoms with Crippen LogP contribution in [0.1, 0.15) is 6.92 Å². The molecule has 0 radical (unpaired) electrons. The molecule has 0 heterocycles. The van der Waals surface area contributed by atoms with Gasteiger partial charge >= 0.3 is 0 Å². The number of nitro groups is 1. The van der Waals surface area contributed by atoms with E-state index in [9.17, 15) is 14.9 Å². The first kappa shape index (κ1) is 16.3. The van der Waals surface area contributed by atoms with Gasteiger partial charge in [0.25, 0.3) is 11.6 Å². The highest BCUT2D eigenvalue weighted by molar-refractivity contribution is 5.95. The molecule has 0 aromatic heterocycles. The molecule has 1 amide bonds. The number of hydrogen-bond donors (Lipinski definition) is 1. The van der Waals surface area contributed by atoms with Gasteiger partial charge in [-0.25, -0.2) is 0 Å². The van der Waals surface area contributed by atoms with E-state index in [2.05, 4.69) is 5.32 Å². The van der Waals surface area contributed by atoms with Crippen molar-refractivity contribution in [2.24, 2.45) is 0 Å². The van der Waals surface area contributed by atoms with Gasteiger partial charge in [-0.3, -0.25) is 14.9 Å². The molecule has 120 valence electrons. The van der Waals surface area contributed by atoms with E-state index in [0.717, 1.165) is 0 Å². The van der Waals surface area contributed by atoms with Crippen LogP contribution in [0.4, 0.5) is 11.4 Å². The Labute approximate surface area is 133 Å². The lowest BCUT2D eigenvalue weighted by molar-refractivity contribution is -0.384. The van der Waals surface area contributed by atoms with Crippen molar-refractivity contribution in [3.05, 3.63) is 58.6 Å². The molecule has 2 aromatic carbocycles. The van der Waals surface area contributed by atoms with E-state index < -0.39 is 11.0 Å². The largest absolute Gasteiger partial charge is 0.495 e. The molecule has 0 unspecified atom stereocenters. The van der Waals surface area contributed by atoms with Gasteiger partial charge in [-0.1, -0.05) is 12.1 Å². The van der Waals surface area contributed by atoms with E-state index in [0.29, 0.717) is 17.2 Å². The fraction of sp³-hybridized carbons (Fsp3) is 0.188. The summed E-state index contributed by atoms with van der Waals surface area (Å²) in [7, 11) is 1.52. The molecule has 0 saturated carbocycles. The summed E-state index contributed by atoms with van der Waals surface area (Å²) in [5.74, 6) is 0.564. The maximum Gasteiger partial charge on any atom is 0.269 e. The fourth-order valence-corrected chi connectivity index (χ4v) is 1.89. The molecule has 0 saturated heterocycles. The van der Waals surface area contributed by atoms with E-state index in [-0.39, 0.29) is 11.6 Å². The second-order valence-corrected chi connectivity index (χ2v) is 4.70. The van der Waals surface area contributed by atoms with Crippen LogP contribution >= 0.6 is 0 Å². The SMILES string of the molecule is COc1ccccc1NC(=O)[C@H](C)Oc1ccc([N+](=O)[O-])cc1. The molecule has 0 spiro atoms. The predicted octanol–water partition coefficient (Wildman–Crippen LogP) is 3.01. The minimum absolute atomic E-state index is 0.0384. The Morgan fingerprint density at radius 3 is 2.43 bits per heavy atom. The van der Waals surface area contributed by atoms with Gasteiger partial charge in [0.15, 0.2) is 6.10 Å². The Morgan fingerprint density at radius 1 is 1.17 bits per heavy atom. The number of nitro benzene ring substituents is 1. The Hall–Kier alpha value is -3.09. The number of benzene rings is 2. The van der Waals surface area contributed by atoms with Crippen molar-refractivity contribution in [1.29, 1.82) is 0 Å². The lowest BCUT2D eigenvalue weighted by Gasteiger charge is -2.16. The van der Waals surface area contributed by atoms with Crippen LogP contribution in [0.25, 0.3) is 0 Å². The maximum atomic E-state index is 12.2. The maximum absolute atomic E-state index is 12.2. The molecule has 1 N–H and O–H groups in total. The number of rotatable bonds is 6. The first-order valence-corrected chi connectivity index (χ1v) is 6.86. The number of carbonyl (C=O) groups is 1. The number of methoxy groups -OCH3 is 1. The van der Waals surface area contributed by atoms with Crippen molar-refractivity contribution in [2.45, 2.75) is 13.0 Å². The number of non-ortho nitro benzene ring substituents is 1. The zero-order chi connectivity index (χ0) is 16.8. The zero-order valence-corrected chi connectivity index (χ0v) is 12.7. The van der Waals surface area contributed by atoms with Gasteiger partial charge in [-0.15, -0.1) is 0 Å². The minimum Gasteiger partial charge on any atom is -0.495 e. The predicted molar refractivity (Wildman–Crippen MR) is 84.8 cm³/mol. The number of amides is 1. The number of ether oxygens (including phenoxy) is 2. The van der Waals surface area contributed by atoms with Crippen molar-refractivity contribution in [1.82, 2.24) is 0 Å². The van der Waals surface area contributed by atoms with Crippen LogP contribution in [0.3, 0.4) is 0 Å². The van der Waals surface area contributed by atoms with Crippen molar-refractivity contribution in [3.63, 3.8) is 0 Å². The summed E-state index contributed by atoms with van der Waals surface area (Å²) in [5, 5.41) is 13.3. The lowest BCUT2D eigenvalue weighted by Crippen LogP contribution is -2.30. The third-order valence-electron chi connectivity index (χ3n) is 3.09. The summed E-state index contributed by atoms with van der Waals surface area (Å²) in [6.45, 7) is 1.59. The number of hydrogen-bond acceptors (Lipinski definition) is 5. The van der Waals surface area contributed by atoms with E-state index in [1.165, 1.54) is 31.4 Å². The van der Waals surface area contributed by atoms with Crippen molar-refractivity contribution in [3.8, 4) is 11.5 Å². The first-order valence-electron chi connectivity index (χ1n) is 6.86. The highest BCUT2D eigenvalue weighted by Gasteiger charge is 2.17. The minimum atomic E-state index is -0.777.